The van der Waals surface area contributed by atoms with Gasteiger partial charge in [-0.15, -0.1) is 0 Å². The van der Waals surface area contributed by atoms with Crippen LogP contribution < -0.4 is 16.4 Å². The summed E-state index contributed by atoms with van der Waals surface area (Å²) in [5.74, 6) is -0.532. The van der Waals surface area contributed by atoms with Crippen molar-refractivity contribution in [3.8, 4) is 0 Å². The van der Waals surface area contributed by atoms with Gasteiger partial charge in [-0.2, -0.15) is 13.2 Å². The first-order valence-corrected chi connectivity index (χ1v) is 7.34. The maximum Gasteiger partial charge on any atom is 0.406 e. The zero-order chi connectivity index (χ0) is 18.6. The summed E-state index contributed by atoms with van der Waals surface area (Å²) in [4.78, 5) is 35.3. The molecule has 9 heteroatoms. The van der Waals surface area contributed by atoms with E-state index in [1.54, 1.807) is 0 Å². The van der Waals surface area contributed by atoms with Crippen LogP contribution >= 0.6 is 0 Å². The van der Waals surface area contributed by atoms with E-state index in [1.807, 2.05) is 31.2 Å². The SMILES string of the molecule is Cc1ccc(CNC(=O)Cn2ccn(CC(F)(F)F)c(=O)c2=O)cc1. The van der Waals surface area contributed by atoms with Gasteiger partial charge in [0, 0.05) is 18.9 Å². The van der Waals surface area contributed by atoms with Gasteiger partial charge >= 0.3 is 17.3 Å². The Hall–Kier alpha value is -2.84. The molecule has 0 bridgehead atoms. The molecule has 134 valence electrons. The van der Waals surface area contributed by atoms with Crippen LogP contribution in [0.2, 0.25) is 0 Å². The molecule has 0 saturated carbocycles. The molecule has 6 nitrogen and oxygen atoms in total. The molecule has 25 heavy (non-hydrogen) atoms. The lowest BCUT2D eigenvalue weighted by Gasteiger charge is -2.11. The summed E-state index contributed by atoms with van der Waals surface area (Å²) < 4.78 is 38.0. The van der Waals surface area contributed by atoms with Crippen LogP contribution in [-0.2, 0) is 24.4 Å². The van der Waals surface area contributed by atoms with Crippen molar-refractivity contribution >= 4 is 5.91 Å². The summed E-state index contributed by atoms with van der Waals surface area (Å²) in [6, 6.07) is 7.43. The van der Waals surface area contributed by atoms with Gasteiger partial charge in [-0.05, 0) is 12.5 Å². The van der Waals surface area contributed by atoms with Crippen LogP contribution in [-0.4, -0.2) is 21.2 Å². The highest BCUT2D eigenvalue weighted by atomic mass is 19.4. The molecule has 0 aliphatic carbocycles. The number of carbonyl (C=O) groups excluding carboxylic acids is 1. The monoisotopic (exact) mass is 355 g/mol. The zero-order valence-corrected chi connectivity index (χ0v) is 13.3. The average Bonchev–Trinajstić information content (AvgIpc) is 2.53. The second kappa shape index (κ2) is 7.37. The van der Waals surface area contributed by atoms with Gasteiger partial charge in [0.1, 0.15) is 13.1 Å². The number of halogens is 3. The summed E-state index contributed by atoms with van der Waals surface area (Å²) in [6.45, 7) is 0.156. The minimum Gasteiger partial charge on any atom is -0.350 e. The Bertz CT molecular complexity index is 867. The lowest BCUT2D eigenvalue weighted by molar-refractivity contribution is -0.141. The Morgan fingerprint density at radius 3 is 2.20 bits per heavy atom. The van der Waals surface area contributed by atoms with Crippen molar-refractivity contribution in [1.29, 1.82) is 0 Å². The minimum atomic E-state index is -4.62. The zero-order valence-electron chi connectivity index (χ0n) is 13.3. The second-order valence-corrected chi connectivity index (χ2v) is 5.54. The topological polar surface area (TPSA) is 73.1 Å². The molecule has 0 spiro atoms. The van der Waals surface area contributed by atoms with Crippen molar-refractivity contribution in [3.63, 3.8) is 0 Å². The van der Waals surface area contributed by atoms with Crippen molar-refractivity contribution in [1.82, 2.24) is 14.5 Å². The van der Waals surface area contributed by atoms with E-state index in [4.69, 9.17) is 0 Å². The molecule has 0 unspecified atom stereocenters. The number of rotatable bonds is 5. The Balaban J connectivity index is 2.03. The molecule has 0 radical (unpaired) electrons. The molecular formula is C16H16F3N3O3. The van der Waals surface area contributed by atoms with Gasteiger partial charge in [-0.25, -0.2) is 0 Å². The van der Waals surface area contributed by atoms with Gasteiger partial charge in [0.2, 0.25) is 5.91 Å². The first-order chi connectivity index (χ1) is 11.7. The summed E-state index contributed by atoms with van der Waals surface area (Å²) >= 11 is 0. The third kappa shape index (κ3) is 5.33. The minimum absolute atomic E-state index is 0.235. The Morgan fingerprint density at radius 1 is 1.04 bits per heavy atom. The molecule has 0 aliphatic heterocycles. The van der Waals surface area contributed by atoms with E-state index in [-0.39, 0.29) is 11.1 Å². The first kappa shape index (κ1) is 18.5. The number of amides is 1. The summed E-state index contributed by atoms with van der Waals surface area (Å²) in [5, 5.41) is 2.58. The van der Waals surface area contributed by atoms with E-state index in [0.29, 0.717) is 0 Å². The van der Waals surface area contributed by atoms with Crippen molar-refractivity contribution in [2.24, 2.45) is 0 Å². The summed E-state index contributed by atoms with van der Waals surface area (Å²) in [6.07, 6.45) is -2.79. The van der Waals surface area contributed by atoms with E-state index < -0.39 is 36.3 Å². The number of alkyl halides is 3. The van der Waals surface area contributed by atoms with E-state index in [1.165, 1.54) is 0 Å². The van der Waals surface area contributed by atoms with Gasteiger partial charge in [0.25, 0.3) is 0 Å². The van der Waals surface area contributed by atoms with Crippen molar-refractivity contribution in [2.45, 2.75) is 32.7 Å². The Labute approximate surface area is 140 Å². The summed E-state index contributed by atoms with van der Waals surface area (Å²) in [5.41, 5.74) is -0.587. The standard InChI is InChI=1S/C16H16F3N3O3/c1-11-2-4-12(5-3-11)8-20-13(23)9-21-6-7-22(10-16(17,18)19)15(25)14(21)24/h2-7H,8-10H2,1H3,(H,20,23). The first-order valence-electron chi connectivity index (χ1n) is 7.34. The number of hydrogen-bond donors (Lipinski definition) is 1. The smallest absolute Gasteiger partial charge is 0.350 e. The van der Waals surface area contributed by atoms with Crippen LogP contribution in [0.15, 0.2) is 46.2 Å². The number of hydrogen-bond acceptors (Lipinski definition) is 3. The van der Waals surface area contributed by atoms with Gasteiger partial charge in [-0.3, -0.25) is 19.0 Å². The maximum absolute atomic E-state index is 12.3. The predicted molar refractivity (Wildman–Crippen MR) is 84.0 cm³/mol. The molecule has 2 rings (SSSR count). The quantitative estimate of drug-likeness (QED) is 0.819. The predicted octanol–water partition coefficient (Wildman–Crippen LogP) is 1.20. The largest absolute Gasteiger partial charge is 0.406 e. The molecule has 0 fully saturated rings. The molecule has 2 aromatic rings. The fourth-order valence-corrected chi connectivity index (χ4v) is 2.10. The molecular weight excluding hydrogens is 339 g/mol. The number of aryl methyl sites for hydroxylation is 1. The van der Waals surface area contributed by atoms with E-state index in [2.05, 4.69) is 5.32 Å². The van der Waals surface area contributed by atoms with Crippen molar-refractivity contribution in [2.75, 3.05) is 0 Å². The highest BCUT2D eigenvalue weighted by molar-refractivity contribution is 5.75. The maximum atomic E-state index is 12.3. The van der Waals surface area contributed by atoms with Crippen molar-refractivity contribution in [3.05, 3.63) is 68.5 Å². The number of aromatic nitrogens is 2. The Kier molecular flexibility index (Phi) is 5.45. The second-order valence-electron chi connectivity index (χ2n) is 5.54. The van der Waals surface area contributed by atoms with Crippen molar-refractivity contribution < 1.29 is 18.0 Å². The van der Waals surface area contributed by atoms with Gasteiger partial charge in [0.05, 0.1) is 0 Å². The molecule has 1 heterocycles. The molecule has 1 aromatic heterocycles. The fraction of sp³-hybridized carbons (Fsp3) is 0.312. The molecule has 1 aromatic carbocycles. The van der Waals surface area contributed by atoms with Gasteiger partial charge < -0.3 is 9.88 Å². The van der Waals surface area contributed by atoms with Crippen LogP contribution in [0.25, 0.3) is 0 Å². The lowest BCUT2D eigenvalue weighted by Crippen LogP contribution is -2.44. The highest BCUT2D eigenvalue weighted by Gasteiger charge is 2.28. The van der Waals surface area contributed by atoms with Crippen LogP contribution in [0.4, 0.5) is 13.2 Å². The normalized spacial score (nSPS) is 11.4. The number of nitrogens with one attached hydrogen (secondary N) is 1. The van der Waals surface area contributed by atoms with Crippen LogP contribution in [0, 0.1) is 6.92 Å². The number of carbonyl (C=O) groups is 1. The third-order valence-corrected chi connectivity index (χ3v) is 3.41. The molecule has 1 N–H and O–H groups in total. The molecule has 0 atom stereocenters. The average molecular weight is 355 g/mol. The van der Waals surface area contributed by atoms with E-state index >= 15 is 0 Å². The van der Waals surface area contributed by atoms with Crippen LogP contribution in [0.3, 0.4) is 0 Å². The van der Waals surface area contributed by atoms with Crippen LogP contribution in [0.1, 0.15) is 11.1 Å². The highest BCUT2D eigenvalue weighted by Crippen LogP contribution is 2.15. The van der Waals surface area contributed by atoms with E-state index in [9.17, 15) is 27.6 Å². The number of nitrogens with zero attached hydrogens (tertiary/aromatic N) is 2. The van der Waals surface area contributed by atoms with Crippen LogP contribution in [0.5, 0.6) is 0 Å². The number of benzene rings is 1. The molecule has 0 saturated heterocycles. The Morgan fingerprint density at radius 2 is 1.60 bits per heavy atom. The molecule has 0 aliphatic rings. The third-order valence-electron chi connectivity index (χ3n) is 3.41. The fourth-order valence-electron chi connectivity index (χ4n) is 2.10. The van der Waals surface area contributed by atoms with Gasteiger partial charge in [-0.1, -0.05) is 29.8 Å². The van der Waals surface area contributed by atoms with E-state index in [0.717, 1.165) is 28.1 Å². The lowest BCUT2D eigenvalue weighted by atomic mass is 10.1. The van der Waals surface area contributed by atoms with Gasteiger partial charge in [0.15, 0.2) is 0 Å². The summed E-state index contributed by atoms with van der Waals surface area (Å²) in [7, 11) is 0. The molecule has 1 amide bonds.